The molecule has 2 aromatic carbocycles. The van der Waals surface area contributed by atoms with Crippen LogP contribution in [0.25, 0.3) is 10.8 Å². The Labute approximate surface area is 145 Å². The van der Waals surface area contributed by atoms with E-state index >= 15 is 0 Å². The maximum atomic E-state index is 12.4. The van der Waals surface area contributed by atoms with Crippen molar-refractivity contribution >= 4 is 34.2 Å². The molecular formula is C18H19ClN2O3. The Morgan fingerprint density at radius 2 is 1.83 bits per heavy atom. The first-order valence-electron chi connectivity index (χ1n) is 7.89. The minimum Gasteiger partial charge on any atom is -0.367 e. The van der Waals surface area contributed by atoms with Crippen LogP contribution in [0, 0.1) is 0 Å². The third-order valence-corrected chi connectivity index (χ3v) is 4.69. The average molecular weight is 347 g/mol. The minimum absolute atomic E-state index is 0.212. The van der Waals surface area contributed by atoms with E-state index in [0.29, 0.717) is 17.9 Å². The molecule has 126 valence electrons. The van der Waals surface area contributed by atoms with Gasteiger partial charge in [-0.05, 0) is 36.8 Å². The van der Waals surface area contributed by atoms with E-state index in [-0.39, 0.29) is 11.9 Å². The molecule has 2 amide bonds. The van der Waals surface area contributed by atoms with Crippen LogP contribution in [0.15, 0.2) is 36.4 Å². The molecule has 1 heterocycles. The van der Waals surface area contributed by atoms with Gasteiger partial charge in [0.1, 0.15) is 12.2 Å². The van der Waals surface area contributed by atoms with E-state index in [1.165, 1.54) is 0 Å². The highest BCUT2D eigenvalue weighted by Gasteiger charge is 2.34. The van der Waals surface area contributed by atoms with Gasteiger partial charge >= 0.3 is 0 Å². The third kappa shape index (κ3) is 3.23. The van der Waals surface area contributed by atoms with Crippen LogP contribution >= 0.6 is 11.6 Å². The van der Waals surface area contributed by atoms with Crippen LogP contribution in [-0.2, 0) is 14.3 Å². The van der Waals surface area contributed by atoms with Crippen LogP contribution in [-0.4, -0.2) is 24.0 Å². The number of halogens is 1. The molecule has 2 aromatic rings. The summed E-state index contributed by atoms with van der Waals surface area (Å²) < 4.78 is 5.42. The van der Waals surface area contributed by atoms with E-state index in [1.54, 1.807) is 0 Å². The lowest BCUT2D eigenvalue weighted by atomic mass is 9.99. The summed E-state index contributed by atoms with van der Waals surface area (Å²) in [5, 5.41) is 5.58. The van der Waals surface area contributed by atoms with Gasteiger partial charge in [0, 0.05) is 10.4 Å². The molecular weight excluding hydrogens is 328 g/mol. The Morgan fingerprint density at radius 1 is 1.17 bits per heavy atom. The molecule has 1 aliphatic heterocycles. The fourth-order valence-corrected chi connectivity index (χ4v) is 3.31. The van der Waals surface area contributed by atoms with Crippen molar-refractivity contribution in [1.82, 2.24) is 5.32 Å². The standard InChI is InChI=1S/C18H19ClN2O3/c1-10(21-18(23)16-9-8-15(24-16)17(20)22)11-6-7-14(19)13-5-3-2-4-12(11)13/h2-7,10,15-16H,8-9H2,1H3,(H2,20,22)(H,21,23). The van der Waals surface area contributed by atoms with E-state index < -0.39 is 18.1 Å². The second kappa shape index (κ2) is 6.79. The molecule has 1 aliphatic rings. The number of carbonyl (C=O) groups is 2. The van der Waals surface area contributed by atoms with Gasteiger partial charge in [-0.1, -0.05) is 41.9 Å². The summed E-state index contributed by atoms with van der Waals surface area (Å²) in [5.74, 6) is -0.757. The van der Waals surface area contributed by atoms with Gasteiger partial charge < -0.3 is 15.8 Å². The van der Waals surface area contributed by atoms with Crippen molar-refractivity contribution < 1.29 is 14.3 Å². The zero-order valence-electron chi connectivity index (χ0n) is 13.3. The van der Waals surface area contributed by atoms with Gasteiger partial charge in [0.15, 0.2) is 0 Å². The molecule has 3 N–H and O–H groups in total. The maximum absolute atomic E-state index is 12.4. The first kappa shape index (κ1) is 16.7. The number of ether oxygens (including phenoxy) is 1. The van der Waals surface area contributed by atoms with Crippen LogP contribution in [0.5, 0.6) is 0 Å². The molecule has 1 saturated heterocycles. The van der Waals surface area contributed by atoms with Gasteiger partial charge in [0.05, 0.1) is 6.04 Å². The second-order valence-electron chi connectivity index (χ2n) is 6.01. The summed E-state index contributed by atoms with van der Waals surface area (Å²) in [6, 6.07) is 11.3. The van der Waals surface area contributed by atoms with E-state index in [2.05, 4.69) is 5.32 Å². The predicted molar refractivity (Wildman–Crippen MR) is 92.6 cm³/mol. The number of hydrogen-bond acceptors (Lipinski definition) is 3. The predicted octanol–water partition coefficient (Wildman–Crippen LogP) is 2.70. The van der Waals surface area contributed by atoms with E-state index in [1.807, 2.05) is 43.3 Å². The summed E-state index contributed by atoms with van der Waals surface area (Å²) in [7, 11) is 0. The first-order chi connectivity index (χ1) is 11.5. The molecule has 0 aromatic heterocycles. The molecule has 3 unspecified atom stereocenters. The Balaban J connectivity index is 1.76. The zero-order chi connectivity index (χ0) is 17.3. The fraction of sp³-hybridized carbons (Fsp3) is 0.333. The van der Waals surface area contributed by atoms with E-state index in [9.17, 15) is 9.59 Å². The number of primary amides is 1. The van der Waals surface area contributed by atoms with Gasteiger partial charge in [-0.2, -0.15) is 0 Å². The van der Waals surface area contributed by atoms with Crippen molar-refractivity contribution in [2.24, 2.45) is 5.73 Å². The molecule has 0 bridgehead atoms. The second-order valence-corrected chi connectivity index (χ2v) is 6.41. The lowest BCUT2D eigenvalue weighted by Crippen LogP contribution is -2.38. The van der Waals surface area contributed by atoms with Gasteiger partial charge in [-0.25, -0.2) is 0 Å². The quantitative estimate of drug-likeness (QED) is 0.893. The highest BCUT2D eigenvalue weighted by Crippen LogP contribution is 2.30. The van der Waals surface area contributed by atoms with Crippen LogP contribution in [0.2, 0.25) is 5.02 Å². The number of rotatable bonds is 4. The zero-order valence-corrected chi connectivity index (χ0v) is 14.0. The molecule has 24 heavy (non-hydrogen) atoms. The minimum atomic E-state index is -0.674. The summed E-state index contributed by atoms with van der Waals surface area (Å²) in [5.41, 5.74) is 6.20. The largest absolute Gasteiger partial charge is 0.367 e. The highest BCUT2D eigenvalue weighted by molar-refractivity contribution is 6.35. The van der Waals surface area contributed by atoms with Crippen LogP contribution in [0.3, 0.4) is 0 Å². The Hall–Kier alpha value is -2.11. The Kier molecular flexibility index (Phi) is 4.73. The van der Waals surface area contributed by atoms with Crippen molar-refractivity contribution in [3.8, 4) is 0 Å². The number of benzene rings is 2. The number of carbonyl (C=O) groups excluding carboxylic acids is 2. The third-order valence-electron chi connectivity index (χ3n) is 4.36. The summed E-state index contributed by atoms with van der Waals surface area (Å²) in [4.78, 5) is 23.5. The van der Waals surface area contributed by atoms with Crippen LogP contribution < -0.4 is 11.1 Å². The molecule has 0 saturated carbocycles. The van der Waals surface area contributed by atoms with Crippen molar-refractivity contribution in [3.63, 3.8) is 0 Å². The van der Waals surface area contributed by atoms with Crippen molar-refractivity contribution in [2.75, 3.05) is 0 Å². The smallest absolute Gasteiger partial charge is 0.249 e. The lowest BCUT2D eigenvalue weighted by Gasteiger charge is -2.19. The number of nitrogens with two attached hydrogens (primary N) is 1. The number of amides is 2. The number of nitrogens with one attached hydrogen (secondary N) is 1. The monoisotopic (exact) mass is 346 g/mol. The molecule has 5 nitrogen and oxygen atoms in total. The van der Waals surface area contributed by atoms with Crippen molar-refractivity contribution in [2.45, 2.75) is 38.0 Å². The van der Waals surface area contributed by atoms with E-state index in [4.69, 9.17) is 22.1 Å². The molecule has 0 aliphatic carbocycles. The molecule has 3 rings (SSSR count). The van der Waals surface area contributed by atoms with Gasteiger partial charge in [0.2, 0.25) is 11.8 Å². The molecule has 3 atom stereocenters. The first-order valence-corrected chi connectivity index (χ1v) is 8.27. The summed E-state index contributed by atoms with van der Waals surface area (Å²) in [6.45, 7) is 1.91. The maximum Gasteiger partial charge on any atom is 0.249 e. The molecule has 0 spiro atoms. The van der Waals surface area contributed by atoms with Gasteiger partial charge in [0.25, 0.3) is 0 Å². The fourth-order valence-electron chi connectivity index (χ4n) is 3.09. The lowest BCUT2D eigenvalue weighted by molar-refractivity contribution is -0.137. The van der Waals surface area contributed by atoms with Gasteiger partial charge in [-0.15, -0.1) is 0 Å². The summed E-state index contributed by atoms with van der Waals surface area (Å²) >= 11 is 6.24. The Morgan fingerprint density at radius 3 is 2.50 bits per heavy atom. The van der Waals surface area contributed by atoms with Crippen molar-refractivity contribution in [1.29, 1.82) is 0 Å². The Bertz CT molecular complexity index is 793. The number of fused-ring (bicyclic) bond motifs is 1. The molecule has 6 heteroatoms. The normalized spacial score (nSPS) is 21.6. The SMILES string of the molecule is CC(NC(=O)C1CCC(C(N)=O)O1)c1ccc(Cl)c2ccccc12. The summed E-state index contributed by atoms with van der Waals surface area (Å²) in [6.07, 6.45) is -0.338. The van der Waals surface area contributed by atoms with Gasteiger partial charge in [-0.3, -0.25) is 9.59 Å². The highest BCUT2D eigenvalue weighted by atomic mass is 35.5. The molecule has 0 radical (unpaired) electrons. The number of hydrogen-bond donors (Lipinski definition) is 2. The van der Waals surface area contributed by atoms with Crippen LogP contribution in [0.4, 0.5) is 0 Å². The van der Waals surface area contributed by atoms with Crippen molar-refractivity contribution in [3.05, 3.63) is 47.0 Å². The van der Waals surface area contributed by atoms with E-state index in [0.717, 1.165) is 16.3 Å². The average Bonchev–Trinajstić information content (AvgIpc) is 3.06. The topological polar surface area (TPSA) is 81.4 Å². The molecule has 1 fully saturated rings. The van der Waals surface area contributed by atoms with Crippen LogP contribution in [0.1, 0.15) is 31.4 Å².